The highest BCUT2D eigenvalue weighted by atomic mass is 16.2. The summed E-state index contributed by atoms with van der Waals surface area (Å²) in [5.74, 6) is -0.00945. The number of amides is 1. The van der Waals surface area contributed by atoms with Crippen molar-refractivity contribution in [3.05, 3.63) is 35.4 Å². The van der Waals surface area contributed by atoms with Crippen molar-refractivity contribution in [3.8, 4) is 0 Å². The standard InChI is InChI=1S/C11H15NO2/c1-12(2)11(14)10-5-3-4-9(8-10)6-7-13/h3-5,8,13H,6-7H2,1-2H3. The molecular weight excluding hydrogens is 178 g/mol. The van der Waals surface area contributed by atoms with Crippen molar-refractivity contribution in [2.45, 2.75) is 6.42 Å². The molecule has 1 N–H and O–H groups in total. The van der Waals surface area contributed by atoms with E-state index < -0.39 is 0 Å². The second kappa shape index (κ2) is 4.77. The first-order chi connectivity index (χ1) is 6.65. The molecule has 1 aromatic carbocycles. The number of aliphatic hydroxyl groups excluding tert-OH is 1. The minimum atomic E-state index is -0.00945. The zero-order chi connectivity index (χ0) is 10.6. The van der Waals surface area contributed by atoms with Crippen LogP contribution in [0.25, 0.3) is 0 Å². The van der Waals surface area contributed by atoms with Gasteiger partial charge < -0.3 is 10.0 Å². The van der Waals surface area contributed by atoms with Crippen LogP contribution in [0.1, 0.15) is 15.9 Å². The van der Waals surface area contributed by atoms with Crippen LogP contribution in [0.3, 0.4) is 0 Å². The van der Waals surface area contributed by atoms with Gasteiger partial charge in [0.1, 0.15) is 0 Å². The lowest BCUT2D eigenvalue weighted by molar-refractivity contribution is 0.0827. The number of hydrogen-bond donors (Lipinski definition) is 1. The van der Waals surface area contributed by atoms with Gasteiger partial charge in [-0.3, -0.25) is 4.79 Å². The van der Waals surface area contributed by atoms with Crippen LogP contribution in [0.2, 0.25) is 0 Å². The molecular formula is C11H15NO2. The molecule has 0 radical (unpaired) electrons. The molecule has 3 heteroatoms. The Hall–Kier alpha value is -1.35. The predicted octanol–water partition coefficient (Wildman–Crippen LogP) is 0.923. The topological polar surface area (TPSA) is 40.5 Å². The van der Waals surface area contributed by atoms with Crippen LogP contribution in [0.4, 0.5) is 0 Å². The second-order valence-electron chi connectivity index (χ2n) is 3.37. The number of nitrogens with zero attached hydrogens (tertiary/aromatic N) is 1. The summed E-state index contributed by atoms with van der Waals surface area (Å²) in [6, 6.07) is 7.34. The van der Waals surface area contributed by atoms with Gasteiger partial charge in [0, 0.05) is 26.3 Å². The average Bonchev–Trinajstić information content (AvgIpc) is 2.17. The molecule has 0 aliphatic rings. The molecule has 14 heavy (non-hydrogen) atoms. The van der Waals surface area contributed by atoms with E-state index in [1.165, 1.54) is 4.90 Å². The maximum Gasteiger partial charge on any atom is 0.253 e. The number of rotatable bonds is 3. The normalized spacial score (nSPS) is 9.93. The van der Waals surface area contributed by atoms with Gasteiger partial charge in [-0.05, 0) is 24.1 Å². The number of aliphatic hydroxyl groups is 1. The van der Waals surface area contributed by atoms with Gasteiger partial charge in [-0.2, -0.15) is 0 Å². The van der Waals surface area contributed by atoms with Crippen molar-refractivity contribution in [2.24, 2.45) is 0 Å². The van der Waals surface area contributed by atoms with Gasteiger partial charge >= 0.3 is 0 Å². The molecule has 3 nitrogen and oxygen atoms in total. The van der Waals surface area contributed by atoms with Crippen LogP contribution in [-0.4, -0.2) is 36.6 Å². The Balaban J connectivity index is 2.88. The van der Waals surface area contributed by atoms with E-state index in [9.17, 15) is 4.79 Å². The fourth-order valence-corrected chi connectivity index (χ4v) is 1.25. The molecule has 1 rings (SSSR count). The van der Waals surface area contributed by atoms with Crippen molar-refractivity contribution in [1.29, 1.82) is 0 Å². The van der Waals surface area contributed by atoms with Crippen molar-refractivity contribution >= 4 is 5.91 Å². The van der Waals surface area contributed by atoms with E-state index in [0.717, 1.165) is 5.56 Å². The number of hydrogen-bond acceptors (Lipinski definition) is 2. The highest BCUT2D eigenvalue weighted by molar-refractivity contribution is 5.94. The van der Waals surface area contributed by atoms with Crippen molar-refractivity contribution in [1.82, 2.24) is 4.90 Å². The molecule has 0 saturated carbocycles. The molecule has 0 heterocycles. The van der Waals surface area contributed by atoms with Gasteiger partial charge in [-0.15, -0.1) is 0 Å². The van der Waals surface area contributed by atoms with Crippen molar-refractivity contribution < 1.29 is 9.90 Å². The Morgan fingerprint density at radius 2 is 2.14 bits per heavy atom. The van der Waals surface area contributed by atoms with Crippen LogP contribution in [-0.2, 0) is 6.42 Å². The van der Waals surface area contributed by atoms with Gasteiger partial charge in [-0.1, -0.05) is 12.1 Å². The zero-order valence-electron chi connectivity index (χ0n) is 8.53. The second-order valence-corrected chi connectivity index (χ2v) is 3.37. The highest BCUT2D eigenvalue weighted by Gasteiger charge is 2.07. The summed E-state index contributed by atoms with van der Waals surface area (Å²) >= 11 is 0. The molecule has 0 saturated heterocycles. The Bertz CT molecular complexity index is 321. The molecule has 0 atom stereocenters. The third-order valence-electron chi connectivity index (χ3n) is 1.98. The van der Waals surface area contributed by atoms with Crippen LogP contribution in [0.5, 0.6) is 0 Å². The van der Waals surface area contributed by atoms with Crippen LogP contribution in [0.15, 0.2) is 24.3 Å². The molecule has 0 bridgehead atoms. The summed E-state index contributed by atoms with van der Waals surface area (Å²) in [5, 5.41) is 8.76. The maximum atomic E-state index is 11.6. The fourth-order valence-electron chi connectivity index (χ4n) is 1.25. The lowest BCUT2D eigenvalue weighted by Crippen LogP contribution is -2.21. The Morgan fingerprint density at radius 3 is 2.71 bits per heavy atom. The molecule has 76 valence electrons. The number of benzene rings is 1. The molecule has 0 aliphatic carbocycles. The smallest absolute Gasteiger partial charge is 0.253 e. The third-order valence-corrected chi connectivity index (χ3v) is 1.98. The first-order valence-electron chi connectivity index (χ1n) is 4.56. The van der Waals surface area contributed by atoms with Crippen LogP contribution < -0.4 is 0 Å². The Kier molecular flexibility index (Phi) is 3.65. The SMILES string of the molecule is CN(C)C(=O)c1cccc(CCO)c1. The van der Waals surface area contributed by atoms with Gasteiger partial charge in [0.05, 0.1) is 0 Å². The summed E-state index contributed by atoms with van der Waals surface area (Å²) < 4.78 is 0. The van der Waals surface area contributed by atoms with E-state index in [2.05, 4.69) is 0 Å². The summed E-state index contributed by atoms with van der Waals surface area (Å²) in [6.07, 6.45) is 0.592. The number of carbonyl (C=O) groups excluding carboxylic acids is 1. The van der Waals surface area contributed by atoms with E-state index in [0.29, 0.717) is 12.0 Å². The molecule has 1 aromatic rings. The molecule has 0 aliphatic heterocycles. The van der Waals surface area contributed by atoms with Gasteiger partial charge in [0.15, 0.2) is 0 Å². The lowest BCUT2D eigenvalue weighted by atomic mass is 10.1. The summed E-state index contributed by atoms with van der Waals surface area (Å²) in [6.45, 7) is 0.111. The quantitative estimate of drug-likeness (QED) is 0.775. The predicted molar refractivity (Wildman–Crippen MR) is 55.2 cm³/mol. The van der Waals surface area contributed by atoms with E-state index in [-0.39, 0.29) is 12.5 Å². The first-order valence-corrected chi connectivity index (χ1v) is 4.56. The van der Waals surface area contributed by atoms with E-state index >= 15 is 0 Å². The monoisotopic (exact) mass is 193 g/mol. The third kappa shape index (κ3) is 2.57. The Labute approximate surface area is 84.0 Å². The molecule has 1 amide bonds. The minimum absolute atomic E-state index is 0.00945. The summed E-state index contributed by atoms with van der Waals surface area (Å²) in [4.78, 5) is 13.1. The van der Waals surface area contributed by atoms with Crippen molar-refractivity contribution in [2.75, 3.05) is 20.7 Å². The van der Waals surface area contributed by atoms with E-state index in [1.54, 1.807) is 20.2 Å². The fraction of sp³-hybridized carbons (Fsp3) is 0.364. The molecule has 0 unspecified atom stereocenters. The van der Waals surface area contributed by atoms with Gasteiger partial charge in [-0.25, -0.2) is 0 Å². The maximum absolute atomic E-state index is 11.6. The first kappa shape index (κ1) is 10.7. The van der Waals surface area contributed by atoms with Crippen LogP contribution in [0, 0.1) is 0 Å². The van der Waals surface area contributed by atoms with Crippen LogP contribution >= 0.6 is 0 Å². The molecule has 0 fully saturated rings. The number of carbonyl (C=O) groups is 1. The van der Waals surface area contributed by atoms with Gasteiger partial charge in [0.25, 0.3) is 5.91 Å². The molecule has 0 aromatic heterocycles. The highest BCUT2D eigenvalue weighted by Crippen LogP contribution is 2.07. The Morgan fingerprint density at radius 1 is 1.43 bits per heavy atom. The summed E-state index contributed by atoms with van der Waals surface area (Å²) in [5.41, 5.74) is 1.65. The lowest BCUT2D eigenvalue weighted by Gasteiger charge is -2.10. The van der Waals surface area contributed by atoms with Gasteiger partial charge in [0.2, 0.25) is 0 Å². The van der Waals surface area contributed by atoms with E-state index in [1.807, 2.05) is 18.2 Å². The van der Waals surface area contributed by atoms with E-state index in [4.69, 9.17) is 5.11 Å². The van der Waals surface area contributed by atoms with Crippen molar-refractivity contribution in [3.63, 3.8) is 0 Å². The average molecular weight is 193 g/mol. The zero-order valence-corrected chi connectivity index (χ0v) is 8.53. The summed E-state index contributed by atoms with van der Waals surface area (Å²) in [7, 11) is 3.45. The molecule has 0 spiro atoms. The largest absolute Gasteiger partial charge is 0.396 e. The minimum Gasteiger partial charge on any atom is -0.396 e.